The molecule has 2 atom stereocenters. The molecular weight excluding hydrogens is 424 g/mol. The fourth-order valence-corrected chi connectivity index (χ4v) is 4.26. The Balaban J connectivity index is 2.03. The number of aromatic nitrogens is 1. The fraction of sp³-hybridized carbons (Fsp3) is 0.500. The lowest BCUT2D eigenvalue weighted by molar-refractivity contribution is -0.143. The number of carbonyl (C=O) groups excluding carboxylic acids is 3. The number of amides is 3. The number of hydrogen-bond acceptors (Lipinski definition) is 5. The van der Waals surface area contributed by atoms with E-state index in [4.69, 9.17) is 0 Å². The summed E-state index contributed by atoms with van der Waals surface area (Å²) >= 11 is 1.57. The number of carbonyl (C=O) groups is 3. The van der Waals surface area contributed by atoms with Crippen LogP contribution in [0.15, 0.2) is 35.9 Å². The van der Waals surface area contributed by atoms with Crippen LogP contribution in [0.3, 0.4) is 0 Å². The highest BCUT2D eigenvalue weighted by molar-refractivity contribution is 7.10. The van der Waals surface area contributed by atoms with Crippen LogP contribution in [0, 0.1) is 12.3 Å². The van der Waals surface area contributed by atoms with Crippen LogP contribution in [0.1, 0.15) is 51.1 Å². The van der Waals surface area contributed by atoms with Crippen molar-refractivity contribution in [2.45, 2.75) is 59.5 Å². The van der Waals surface area contributed by atoms with Gasteiger partial charge in [-0.05, 0) is 36.8 Å². The number of nitrogens with zero attached hydrogens (tertiary/aromatic N) is 2. The Hall–Kier alpha value is -2.74. The number of hydrogen-bond donors (Lipinski definition) is 2. The highest BCUT2D eigenvalue weighted by atomic mass is 32.1. The van der Waals surface area contributed by atoms with Crippen molar-refractivity contribution in [2.75, 3.05) is 13.1 Å². The second-order valence-electron chi connectivity index (χ2n) is 9.01. The Morgan fingerprint density at radius 2 is 2.09 bits per heavy atom. The van der Waals surface area contributed by atoms with Crippen molar-refractivity contribution in [3.8, 4) is 0 Å². The van der Waals surface area contributed by atoms with E-state index in [1.807, 2.05) is 45.9 Å². The maximum absolute atomic E-state index is 13.2. The summed E-state index contributed by atoms with van der Waals surface area (Å²) in [4.78, 5) is 44.7. The highest BCUT2D eigenvalue weighted by Gasteiger charge is 2.41. The Morgan fingerprint density at radius 3 is 2.66 bits per heavy atom. The molecule has 0 radical (unpaired) electrons. The van der Waals surface area contributed by atoms with Crippen molar-refractivity contribution in [1.29, 1.82) is 0 Å². The molecule has 174 valence electrons. The zero-order valence-corrected chi connectivity index (χ0v) is 20.4. The lowest BCUT2D eigenvalue weighted by atomic mass is 9.85. The van der Waals surface area contributed by atoms with Crippen molar-refractivity contribution >= 4 is 35.1 Å². The molecule has 1 fully saturated rings. The van der Waals surface area contributed by atoms with Gasteiger partial charge >= 0.3 is 0 Å². The minimum absolute atomic E-state index is 0.193. The van der Waals surface area contributed by atoms with Gasteiger partial charge in [-0.3, -0.25) is 14.4 Å². The Morgan fingerprint density at radius 1 is 1.38 bits per heavy atom. The van der Waals surface area contributed by atoms with Crippen molar-refractivity contribution in [1.82, 2.24) is 20.5 Å². The molecule has 2 N–H and O–H groups in total. The van der Waals surface area contributed by atoms with E-state index in [1.54, 1.807) is 27.8 Å². The van der Waals surface area contributed by atoms with Gasteiger partial charge in [0.15, 0.2) is 0 Å². The first-order valence-electron chi connectivity index (χ1n) is 10.8. The minimum Gasteiger partial charge on any atom is -0.350 e. The number of allylic oxidation sites excluding steroid dienone is 2. The Labute approximate surface area is 194 Å². The van der Waals surface area contributed by atoms with Gasteiger partial charge in [0.2, 0.25) is 17.7 Å². The normalized spacial score (nSPS) is 18.0. The number of likely N-dealkylation sites (tertiary alicyclic amines) is 1. The quantitative estimate of drug-likeness (QED) is 0.585. The highest BCUT2D eigenvalue weighted by Crippen LogP contribution is 2.26. The van der Waals surface area contributed by atoms with E-state index < -0.39 is 17.5 Å². The van der Waals surface area contributed by atoms with E-state index in [2.05, 4.69) is 22.2 Å². The number of rotatable bonds is 8. The van der Waals surface area contributed by atoms with Gasteiger partial charge in [-0.2, -0.15) is 0 Å². The molecule has 0 saturated carbocycles. The largest absolute Gasteiger partial charge is 0.350 e. The first-order valence-corrected chi connectivity index (χ1v) is 11.7. The topological polar surface area (TPSA) is 91.4 Å². The molecule has 32 heavy (non-hydrogen) atoms. The molecule has 0 aliphatic carbocycles. The predicted octanol–water partition coefficient (Wildman–Crippen LogP) is 3.24. The van der Waals surface area contributed by atoms with Gasteiger partial charge in [0.1, 0.15) is 12.1 Å². The van der Waals surface area contributed by atoms with E-state index >= 15 is 0 Å². The van der Waals surface area contributed by atoms with Gasteiger partial charge in [0.25, 0.3) is 0 Å². The maximum Gasteiger partial charge on any atom is 0.246 e. The Bertz CT molecular complexity index is 911. The zero-order chi connectivity index (χ0) is 23.9. The second-order valence-corrected chi connectivity index (χ2v) is 9.90. The third-order valence-corrected chi connectivity index (χ3v) is 6.26. The molecule has 0 bridgehead atoms. The molecule has 1 unspecified atom stereocenters. The molecule has 0 spiro atoms. The average molecular weight is 459 g/mol. The SMILES string of the molecule is C=C/C(=C\C=Cc1scnc1C)CNC(=O)C1CCCN1C(=O)[C@@H](NC(C)=O)C(C)(C)C. The molecule has 1 aromatic heterocycles. The van der Waals surface area contributed by atoms with Crippen LogP contribution in [-0.2, 0) is 14.4 Å². The molecule has 7 nitrogen and oxygen atoms in total. The predicted molar refractivity (Wildman–Crippen MR) is 129 cm³/mol. The summed E-state index contributed by atoms with van der Waals surface area (Å²) in [6.45, 7) is 13.7. The molecule has 8 heteroatoms. The monoisotopic (exact) mass is 458 g/mol. The molecular formula is C24H34N4O3S. The number of nitrogens with one attached hydrogen (secondary N) is 2. The molecule has 2 heterocycles. The molecule has 1 aromatic rings. The van der Waals surface area contributed by atoms with E-state index in [-0.39, 0.29) is 17.7 Å². The summed E-state index contributed by atoms with van der Waals surface area (Å²) in [7, 11) is 0. The van der Waals surface area contributed by atoms with Crippen LogP contribution in [0.5, 0.6) is 0 Å². The number of aryl methyl sites for hydroxylation is 1. The minimum atomic E-state index is -0.683. The summed E-state index contributed by atoms with van der Waals surface area (Å²) in [5, 5.41) is 5.69. The van der Waals surface area contributed by atoms with Crippen LogP contribution in [0.25, 0.3) is 6.08 Å². The molecule has 1 aliphatic heterocycles. The fourth-order valence-electron chi connectivity index (χ4n) is 3.56. The van der Waals surface area contributed by atoms with Crippen LogP contribution < -0.4 is 10.6 Å². The lowest BCUT2D eigenvalue weighted by Gasteiger charge is -2.35. The van der Waals surface area contributed by atoms with Gasteiger partial charge in [-0.25, -0.2) is 4.98 Å². The Kier molecular flexibility index (Phi) is 8.95. The summed E-state index contributed by atoms with van der Waals surface area (Å²) in [6, 6.07) is -1.22. The average Bonchev–Trinajstić information content (AvgIpc) is 3.36. The molecule has 2 rings (SSSR count). The molecule has 1 aliphatic rings. The van der Waals surface area contributed by atoms with Crippen molar-refractivity contribution in [3.05, 3.63) is 46.5 Å². The van der Waals surface area contributed by atoms with Crippen LogP contribution >= 0.6 is 11.3 Å². The van der Waals surface area contributed by atoms with Crippen LogP contribution in [0.2, 0.25) is 0 Å². The van der Waals surface area contributed by atoms with Gasteiger partial charge in [-0.15, -0.1) is 11.3 Å². The van der Waals surface area contributed by atoms with Crippen molar-refractivity contribution in [3.63, 3.8) is 0 Å². The second kappa shape index (κ2) is 11.2. The summed E-state index contributed by atoms with van der Waals surface area (Å²) in [5.74, 6) is -0.671. The maximum atomic E-state index is 13.2. The summed E-state index contributed by atoms with van der Waals surface area (Å²) in [6.07, 6.45) is 8.85. The smallest absolute Gasteiger partial charge is 0.246 e. The molecule has 1 saturated heterocycles. The zero-order valence-electron chi connectivity index (χ0n) is 19.6. The van der Waals surface area contributed by atoms with Crippen molar-refractivity contribution < 1.29 is 14.4 Å². The van der Waals surface area contributed by atoms with E-state index in [9.17, 15) is 14.4 Å². The van der Waals surface area contributed by atoms with Gasteiger partial charge in [-0.1, -0.05) is 45.6 Å². The van der Waals surface area contributed by atoms with Crippen LogP contribution in [0.4, 0.5) is 0 Å². The van der Waals surface area contributed by atoms with Gasteiger partial charge < -0.3 is 15.5 Å². The first-order chi connectivity index (χ1) is 15.0. The van der Waals surface area contributed by atoms with Gasteiger partial charge in [0, 0.05) is 24.9 Å². The number of thiazole rings is 1. The standard InChI is InChI=1S/C24H34N4O3S/c1-7-18(10-8-12-20-16(2)26-15-32-20)14-25-22(30)19-11-9-13-28(19)23(31)21(24(4,5)6)27-17(3)29/h7-8,10,12,15,19,21H,1,9,11,13-14H2,2-6H3,(H,25,30)(H,27,29)/b12-8?,18-10+/t19?,21-/m1/s1. The van der Waals surface area contributed by atoms with E-state index in [1.165, 1.54) is 6.92 Å². The lowest BCUT2D eigenvalue weighted by Crippen LogP contribution is -2.57. The summed E-state index contributed by atoms with van der Waals surface area (Å²) < 4.78 is 0. The van der Waals surface area contributed by atoms with E-state index in [0.717, 1.165) is 22.6 Å². The van der Waals surface area contributed by atoms with Crippen LogP contribution in [-0.4, -0.2) is 52.8 Å². The third kappa shape index (κ3) is 6.88. The molecule has 0 aromatic carbocycles. The molecule has 3 amide bonds. The van der Waals surface area contributed by atoms with Crippen molar-refractivity contribution in [2.24, 2.45) is 5.41 Å². The van der Waals surface area contributed by atoms with E-state index in [0.29, 0.717) is 19.5 Å². The summed E-state index contributed by atoms with van der Waals surface area (Å²) in [5.41, 5.74) is 3.18. The third-order valence-electron chi connectivity index (χ3n) is 5.37. The van der Waals surface area contributed by atoms with Gasteiger partial charge in [0.05, 0.1) is 11.2 Å². The first kappa shape index (κ1) is 25.5.